The molecular weight excluding hydrogens is 172 g/mol. The fourth-order valence-corrected chi connectivity index (χ4v) is 1.04. The van der Waals surface area contributed by atoms with Gasteiger partial charge in [0.2, 0.25) is 0 Å². The molecule has 1 unspecified atom stereocenters. The van der Waals surface area contributed by atoms with E-state index < -0.39 is 0 Å². The molecule has 66 valence electrons. The molecule has 0 aliphatic rings. The largest absolute Gasteiger partial charge is 0.381 e. The van der Waals surface area contributed by atoms with Crippen LogP contribution in [0.5, 0.6) is 0 Å². The maximum Gasteiger partial charge on any atom is 0.0423 e. The summed E-state index contributed by atoms with van der Waals surface area (Å²) >= 11 is 5.66. The predicted octanol–water partition coefficient (Wildman–Crippen LogP) is 2.43. The van der Waals surface area contributed by atoms with E-state index in [1.165, 1.54) is 0 Å². The lowest BCUT2D eigenvalue weighted by Gasteiger charge is -2.11. The monoisotopic (exact) mass is 184 g/mol. The van der Waals surface area contributed by atoms with Gasteiger partial charge in [0.1, 0.15) is 0 Å². The molecule has 1 atom stereocenters. The predicted molar refractivity (Wildman–Crippen MR) is 52.8 cm³/mol. The lowest BCUT2D eigenvalue weighted by Crippen LogP contribution is -2.16. The van der Waals surface area contributed by atoms with E-state index in [2.05, 4.69) is 10.3 Å². The molecule has 0 aliphatic heterocycles. The number of pyridine rings is 1. The summed E-state index contributed by atoms with van der Waals surface area (Å²) in [6.07, 6.45) is 1.79. The van der Waals surface area contributed by atoms with Crippen LogP contribution in [0.3, 0.4) is 0 Å². The molecular formula is C9H13ClN2. The van der Waals surface area contributed by atoms with Gasteiger partial charge in [-0.2, -0.15) is 0 Å². The summed E-state index contributed by atoms with van der Waals surface area (Å²) in [6, 6.07) is 4.24. The maximum atomic E-state index is 5.66. The molecule has 0 radical (unpaired) electrons. The second-order valence-electron chi connectivity index (χ2n) is 2.89. The number of hydrogen-bond donors (Lipinski definition) is 1. The fourth-order valence-electron chi connectivity index (χ4n) is 0.958. The Hall–Kier alpha value is -0.760. The zero-order valence-electron chi connectivity index (χ0n) is 7.34. The van der Waals surface area contributed by atoms with Crippen LogP contribution in [0.2, 0.25) is 0 Å². The van der Waals surface area contributed by atoms with Crippen molar-refractivity contribution in [2.24, 2.45) is 0 Å². The Bertz CT molecular complexity index is 250. The van der Waals surface area contributed by atoms with Gasteiger partial charge in [0, 0.05) is 29.5 Å². The molecule has 3 heteroatoms. The van der Waals surface area contributed by atoms with Crippen molar-refractivity contribution >= 4 is 17.3 Å². The Morgan fingerprint density at radius 2 is 2.42 bits per heavy atom. The average molecular weight is 185 g/mol. The van der Waals surface area contributed by atoms with E-state index in [-0.39, 0.29) is 0 Å². The Labute approximate surface area is 78.0 Å². The lowest BCUT2D eigenvalue weighted by atomic mass is 10.3. The van der Waals surface area contributed by atoms with Crippen LogP contribution < -0.4 is 5.32 Å². The number of rotatable bonds is 3. The third kappa shape index (κ3) is 2.70. The Morgan fingerprint density at radius 3 is 3.00 bits per heavy atom. The van der Waals surface area contributed by atoms with Gasteiger partial charge in [0.25, 0.3) is 0 Å². The van der Waals surface area contributed by atoms with E-state index in [1.54, 1.807) is 6.20 Å². The molecule has 0 bridgehead atoms. The minimum Gasteiger partial charge on any atom is -0.381 e. The molecule has 2 nitrogen and oxygen atoms in total. The molecule has 0 aliphatic carbocycles. The molecule has 0 amide bonds. The van der Waals surface area contributed by atoms with Crippen molar-refractivity contribution in [2.45, 2.75) is 19.9 Å². The van der Waals surface area contributed by atoms with Crippen LogP contribution in [0.1, 0.15) is 12.6 Å². The normalized spacial score (nSPS) is 12.6. The third-order valence-electron chi connectivity index (χ3n) is 1.54. The van der Waals surface area contributed by atoms with E-state index in [4.69, 9.17) is 11.6 Å². The SMILES string of the molecule is Cc1cc(NC(C)CCl)ccn1. The van der Waals surface area contributed by atoms with Gasteiger partial charge < -0.3 is 5.32 Å². The van der Waals surface area contributed by atoms with Gasteiger partial charge in [0.05, 0.1) is 0 Å². The number of aryl methyl sites for hydroxylation is 1. The summed E-state index contributed by atoms with van der Waals surface area (Å²) in [6.45, 7) is 4.01. The molecule has 0 saturated carbocycles. The minimum atomic E-state index is 0.300. The smallest absolute Gasteiger partial charge is 0.0423 e. The molecule has 0 fully saturated rings. The van der Waals surface area contributed by atoms with E-state index in [9.17, 15) is 0 Å². The standard InChI is InChI=1S/C9H13ClN2/c1-7-5-9(3-4-11-7)12-8(2)6-10/h3-5,8H,6H2,1-2H3,(H,11,12). The van der Waals surface area contributed by atoms with E-state index in [1.807, 2.05) is 26.0 Å². The number of anilines is 1. The quantitative estimate of drug-likeness (QED) is 0.730. The second-order valence-corrected chi connectivity index (χ2v) is 3.19. The molecule has 1 heterocycles. The van der Waals surface area contributed by atoms with Crippen molar-refractivity contribution in [3.63, 3.8) is 0 Å². The number of alkyl halides is 1. The highest BCUT2D eigenvalue weighted by Crippen LogP contribution is 2.08. The highest BCUT2D eigenvalue weighted by molar-refractivity contribution is 6.18. The van der Waals surface area contributed by atoms with Crippen LogP contribution in [-0.4, -0.2) is 16.9 Å². The molecule has 1 rings (SSSR count). The summed E-state index contributed by atoms with van der Waals surface area (Å²) in [4.78, 5) is 4.10. The number of hydrogen-bond acceptors (Lipinski definition) is 2. The Morgan fingerprint density at radius 1 is 1.67 bits per heavy atom. The van der Waals surface area contributed by atoms with Crippen molar-refractivity contribution in [1.82, 2.24) is 4.98 Å². The first kappa shape index (κ1) is 9.33. The van der Waals surface area contributed by atoms with Gasteiger partial charge in [-0.15, -0.1) is 11.6 Å². The first-order valence-corrected chi connectivity index (χ1v) is 4.51. The number of nitrogens with zero attached hydrogens (tertiary/aromatic N) is 1. The highest BCUT2D eigenvalue weighted by atomic mass is 35.5. The molecule has 0 aromatic carbocycles. The van der Waals surface area contributed by atoms with Crippen LogP contribution in [0, 0.1) is 6.92 Å². The van der Waals surface area contributed by atoms with E-state index in [0.717, 1.165) is 11.4 Å². The van der Waals surface area contributed by atoms with Crippen molar-refractivity contribution in [1.29, 1.82) is 0 Å². The van der Waals surface area contributed by atoms with Gasteiger partial charge in [-0.1, -0.05) is 0 Å². The summed E-state index contributed by atoms with van der Waals surface area (Å²) in [7, 11) is 0. The fraction of sp³-hybridized carbons (Fsp3) is 0.444. The van der Waals surface area contributed by atoms with Gasteiger partial charge in [0.15, 0.2) is 0 Å². The average Bonchev–Trinajstić information content (AvgIpc) is 2.04. The van der Waals surface area contributed by atoms with Crippen LogP contribution in [0.15, 0.2) is 18.3 Å². The van der Waals surface area contributed by atoms with Gasteiger partial charge in [-0.05, 0) is 26.0 Å². The van der Waals surface area contributed by atoms with E-state index >= 15 is 0 Å². The first-order valence-electron chi connectivity index (χ1n) is 3.97. The molecule has 0 spiro atoms. The van der Waals surface area contributed by atoms with Crippen molar-refractivity contribution < 1.29 is 0 Å². The van der Waals surface area contributed by atoms with Crippen molar-refractivity contribution in [3.05, 3.63) is 24.0 Å². The van der Waals surface area contributed by atoms with Gasteiger partial charge >= 0.3 is 0 Å². The van der Waals surface area contributed by atoms with Crippen molar-refractivity contribution in [2.75, 3.05) is 11.2 Å². The Kier molecular flexibility index (Phi) is 3.35. The van der Waals surface area contributed by atoms with E-state index in [0.29, 0.717) is 11.9 Å². The van der Waals surface area contributed by atoms with Gasteiger partial charge in [-0.3, -0.25) is 4.98 Å². The zero-order valence-corrected chi connectivity index (χ0v) is 8.10. The van der Waals surface area contributed by atoms with Crippen LogP contribution in [0.25, 0.3) is 0 Å². The molecule has 0 saturated heterocycles. The topological polar surface area (TPSA) is 24.9 Å². The van der Waals surface area contributed by atoms with Gasteiger partial charge in [-0.25, -0.2) is 0 Å². The van der Waals surface area contributed by atoms with Crippen molar-refractivity contribution in [3.8, 4) is 0 Å². The molecule has 1 aromatic heterocycles. The molecule has 1 N–H and O–H groups in total. The molecule has 12 heavy (non-hydrogen) atoms. The Balaban J connectivity index is 2.63. The third-order valence-corrected chi connectivity index (χ3v) is 2.00. The maximum absolute atomic E-state index is 5.66. The summed E-state index contributed by atoms with van der Waals surface area (Å²) in [5.74, 6) is 0.612. The first-order chi connectivity index (χ1) is 5.72. The second kappa shape index (κ2) is 4.31. The summed E-state index contributed by atoms with van der Waals surface area (Å²) in [5.41, 5.74) is 2.09. The minimum absolute atomic E-state index is 0.300. The van der Waals surface area contributed by atoms with Crippen LogP contribution >= 0.6 is 11.6 Å². The summed E-state index contributed by atoms with van der Waals surface area (Å²) in [5, 5.41) is 3.26. The number of aromatic nitrogens is 1. The number of nitrogens with one attached hydrogen (secondary N) is 1. The zero-order chi connectivity index (χ0) is 8.97. The highest BCUT2D eigenvalue weighted by Gasteiger charge is 1.98. The lowest BCUT2D eigenvalue weighted by molar-refractivity contribution is 0.906. The van der Waals surface area contributed by atoms with Crippen LogP contribution in [-0.2, 0) is 0 Å². The molecule has 1 aromatic rings. The number of halogens is 1. The summed E-state index contributed by atoms with van der Waals surface area (Å²) < 4.78 is 0. The van der Waals surface area contributed by atoms with Crippen LogP contribution in [0.4, 0.5) is 5.69 Å².